The lowest BCUT2D eigenvalue weighted by Crippen LogP contribution is -2.42. The first-order valence-electron chi connectivity index (χ1n) is 15.9. The molecule has 2 fully saturated rings. The van der Waals surface area contributed by atoms with Crippen LogP contribution in [0, 0.1) is 17.2 Å². The van der Waals surface area contributed by atoms with E-state index in [1.165, 1.54) is 17.3 Å². The maximum atomic E-state index is 14.3. The number of aromatic nitrogens is 2. The second kappa shape index (κ2) is 13.5. The number of carbonyl (C=O) groups is 1. The van der Waals surface area contributed by atoms with Crippen molar-refractivity contribution < 1.29 is 14.3 Å². The predicted octanol–water partition coefficient (Wildman–Crippen LogP) is 6.42. The fourth-order valence-corrected chi connectivity index (χ4v) is 7.36. The predicted molar refractivity (Wildman–Crippen MR) is 165 cm³/mol. The van der Waals surface area contributed by atoms with Gasteiger partial charge in [0.1, 0.15) is 5.82 Å². The van der Waals surface area contributed by atoms with Crippen LogP contribution in [0.1, 0.15) is 80.8 Å². The molecule has 0 aliphatic carbocycles. The van der Waals surface area contributed by atoms with Crippen LogP contribution >= 0.6 is 0 Å². The summed E-state index contributed by atoms with van der Waals surface area (Å²) in [5, 5.41) is 15.0. The van der Waals surface area contributed by atoms with Gasteiger partial charge >= 0.3 is 5.97 Å². The fraction of sp³-hybridized carbons (Fsp3) is 0.543. The van der Waals surface area contributed by atoms with Crippen molar-refractivity contribution in [3.05, 3.63) is 89.0 Å². The van der Waals surface area contributed by atoms with Crippen molar-refractivity contribution in [2.75, 3.05) is 39.3 Å². The minimum Gasteiger partial charge on any atom is -0.481 e. The molecule has 1 aromatic heterocycles. The largest absolute Gasteiger partial charge is 0.481 e. The molecule has 1 N–H and O–H groups in total. The molecule has 0 radical (unpaired) electrons. The molecule has 2 aliphatic heterocycles. The number of benzene rings is 2. The van der Waals surface area contributed by atoms with E-state index in [2.05, 4.69) is 57.8 Å². The lowest BCUT2D eigenvalue weighted by Gasteiger charge is -2.35. The summed E-state index contributed by atoms with van der Waals surface area (Å²) in [6.45, 7) is 12.2. The Morgan fingerprint density at radius 3 is 2.36 bits per heavy atom. The number of aryl methyl sites for hydroxylation is 1. The number of halogens is 1. The fourth-order valence-electron chi connectivity index (χ4n) is 7.36. The first-order valence-corrected chi connectivity index (χ1v) is 15.9. The van der Waals surface area contributed by atoms with Crippen molar-refractivity contribution >= 4 is 5.97 Å². The van der Waals surface area contributed by atoms with Gasteiger partial charge in [-0.3, -0.25) is 9.48 Å². The SMILES string of the molecule is CCn1nc(Cc2ccccc2)cc1C1CCN(C[C@H]2CN(CC(CC)(CC)C(=O)O)C[C@@H]2c2cccc(F)c2)CC1. The lowest BCUT2D eigenvalue weighted by molar-refractivity contribution is -0.150. The number of aliphatic carboxylic acids is 1. The van der Waals surface area contributed by atoms with Crippen LogP contribution in [-0.4, -0.2) is 69.9 Å². The van der Waals surface area contributed by atoms with Gasteiger partial charge in [-0.2, -0.15) is 5.10 Å². The van der Waals surface area contributed by atoms with E-state index in [0.717, 1.165) is 69.8 Å². The minimum atomic E-state index is -0.735. The van der Waals surface area contributed by atoms with Gasteiger partial charge in [0.2, 0.25) is 0 Å². The summed E-state index contributed by atoms with van der Waals surface area (Å²) in [5.74, 6) is 0.121. The van der Waals surface area contributed by atoms with Gasteiger partial charge in [0.05, 0.1) is 11.1 Å². The van der Waals surface area contributed by atoms with Crippen LogP contribution in [0.15, 0.2) is 60.7 Å². The zero-order valence-electron chi connectivity index (χ0n) is 25.5. The number of rotatable bonds is 12. The van der Waals surface area contributed by atoms with Gasteiger partial charge < -0.3 is 14.9 Å². The van der Waals surface area contributed by atoms with Gasteiger partial charge in [-0.05, 0) is 80.9 Å². The van der Waals surface area contributed by atoms with Crippen molar-refractivity contribution in [3.8, 4) is 0 Å². The van der Waals surface area contributed by atoms with Crippen LogP contribution in [0.25, 0.3) is 0 Å². The van der Waals surface area contributed by atoms with E-state index >= 15 is 0 Å². The number of hydrogen-bond acceptors (Lipinski definition) is 4. The summed E-state index contributed by atoms with van der Waals surface area (Å²) in [7, 11) is 0. The van der Waals surface area contributed by atoms with Crippen LogP contribution < -0.4 is 0 Å². The highest BCUT2D eigenvalue weighted by molar-refractivity contribution is 5.74. The molecule has 226 valence electrons. The Labute approximate surface area is 250 Å². The topological polar surface area (TPSA) is 61.6 Å². The van der Waals surface area contributed by atoms with Crippen LogP contribution in [0.5, 0.6) is 0 Å². The van der Waals surface area contributed by atoms with Crippen molar-refractivity contribution in [3.63, 3.8) is 0 Å². The van der Waals surface area contributed by atoms with Crippen molar-refractivity contribution in [1.29, 1.82) is 0 Å². The summed E-state index contributed by atoms with van der Waals surface area (Å²) >= 11 is 0. The monoisotopic (exact) mass is 574 g/mol. The zero-order valence-corrected chi connectivity index (χ0v) is 25.5. The lowest BCUT2D eigenvalue weighted by atomic mass is 9.82. The van der Waals surface area contributed by atoms with Gasteiger partial charge in [0.15, 0.2) is 0 Å². The molecule has 0 unspecified atom stereocenters. The van der Waals surface area contributed by atoms with Gasteiger partial charge in [-0.1, -0.05) is 56.3 Å². The molecule has 2 aliphatic rings. The Bertz CT molecular complexity index is 1310. The molecule has 0 saturated carbocycles. The second-order valence-electron chi connectivity index (χ2n) is 12.5. The first-order chi connectivity index (χ1) is 20.3. The smallest absolute Gasteiger partial charge is 0.310 e. The van der Waals surface area contributed by atoms with Gasteiger partial charge in [-0.15, -0.1) is 0 Å². The molecule has 0 amide bonds. The van der Waals surface area contributed by atoms with Crippen LogP contribution in [-0.2, 0) is 17.8 Å². The standard InChI is InChI=1S/C35H47FN4O2/c1-4-35(5-2,34(41)42)25-39-23-29(32(24-39)28-13-10-14-30(36)20-28)22-38-17-15-27(16-18-38)33-21-31(37-40(33)6-3)19-26-11-8-7-9-12-26/h7-14,20-21,27,29,32H,4-6,15-19,22-25H2,1-3H3,(H,41,42)/t29-,32+/m0/s1. The van der Waals surface area contributed by atoms with Crippen LogP contribution in [0.3, 0.4) is 0 Å². The van der Waals surface area contributed by atoms with E-state index in [0.29, 0.717) is 31.2 Å². The van der Waals surface area contributed by atoms with Crippen LogP contribution in [0.4, 0.5) is 4.39 Å². The molecule has 2 saturated heterocycles. The zero-order chi connectivity index (χ0) is 29.7. The molecule has 3 heterocycles. The van der Waals surface area contributed by atoms with E-state index in [9.17, 15) is 14.3 Å². The summed E-state index contributed by atoms with van der Waals surface area (Å²) in [5.41, 5.74) is 4.08. The van der Waals surface area contributed by atoms with Crippen molar-refractivity contribution in [2.45, 2.75) is 71.3 Å². The van der Waals surface area contributed by atoms with E-state index in [1.54, 1.807) is 12.1 Å². The van der Waals surface area contributed by atoms with Gasteiger partial charge in [0.25, 0.3) is 0 Å². The molecule has 42 heavy (non-hydrogen) atoms. The number of piperidine rings is 1. The minimum absolute atomic E-state index is 0.195. The Kier molecular flexibility index (Phi) is 9.79. The highest BCUT2D eigenvalue weighted by atomic mass is 19.1. The van der Waals surface area contributed by atoms with Crippen LogP contribution in [0.2, 0.25) is 0 Å². The number of carboxylic acid groups (broad SMARTS) is 1. The van der Waals surface area contributed by atoms with Gasteiger partial charge in [0, 0.05) is 56.7 Å². The Morgan fingerprint density at radius 1 is 0.976 bits per heavy atom. The van der Waals surface area contributed by atoms with E-state index < -0.39 is 11.4 Å². The molecule has 7 heteroatoms. The summed E-state index contributed by atoms with van der Waals surface area (Å²) < 4.78 is 16.5. The number of carboxylic acids is 1. The van der Waals surface area contributed by atoms with E-state index in [1.807, 2.05) is 19.9 Å². The third-order valence-corrected chi connectivity index (χ3v) is 10.0. The molecule has 2 aromatic carbocycles. The molecule has 3 aromatic rings. The average Bonchev–Trinajstić information content (AvgIpc) is 3.60. The highest BCUT2D eigenvalue weighted by Gasteiger charge is 2.42. The Morgan fingerprint density at radius 2 is 1.71 bits per heavy atom. The van der Waals surface area contributed by atoms with Crippen molar-refractivity contribution in [1.82, 2.24) is 19.6 Å². The summed E-state index contributed by atoms with van der Waals surface area (Å²) in [6.07, 6.45) is 4.29. The average molecular weight is 575 g/mol. The quantitative estimate of drug-likeness (QED) is 0.271. The third kappa shape index (κ3) is 6.78. The van der Waals surface area contributed by atoms with E-state index in [-0.39, 0.29) is 11.7 Å². The molecular weight excluding hydrogens is 527 g/mol. The third-order valence-electron chi connectivity index (χ3n) is 10.0. The molecule has 0 bridgehead atoms. The van der Waals surface area contributed by atoms with E-state index in [4.69, 9.17) is 5.10 Å². The molecule has 2 atom stereocenters. The maximum Gasteiger partial charge on any atom is 0.310 e. The Hall–Kier alpha value is -3.03. The number of nitrogens with zero attached hydrogens (tertiary/aromatic N) is 4. The maximum absolute atomic E-state index is 14.3. The molecule has 0 spiro atoms. The number of hydrogen-bond donors (Lipinski definition) is 1. The molecule has 6 nitrogen and oxygen atoms in total. The summed E-state index contributed by atoms with van der Waals surface area (Å²) in [4.78, 5) is 17.2. The number of likely N-dealkylation sites (tertiary alicyclic amines) is 2. The first kappa shape index (κ1) is 30.4. The molecule has 5 rings (SSSR count). The van der Waals surface area contributed by atoms with Crippen molar-refractivity contribution in [2.24, 2.45) is 11.3 Å². The normalized spacial score (nSPS) is 20.8. The summed E-state index contributed by atoms with van der Waals surface area (Å²) in [6, 6.07) is 19.9. The highest BCUT2D eigenvalue weighted by Crippen LogP contribution is 2.38. The van der Waals surface area contributed by atoms with Gasteiger partial charge in [-0.25, -0.2) is 4.39 Å². The Balaban J connectivity index is 1.25. The molecular formula is C35H47FN4O2. The second-order valence-corrected chi connectivity index (χ2v) is 12.5.